The second-order valence-corrected chi connectivity index (χ2v) is 7.67. The monoisotopic (exact) mass is 290 g/mol. The minimum absolute atomic E-state index is 0.0225. The van der Waals surface area contributed by atoms with Gasteiger partial charge in [-0.15, -0.1) is 11.3 Å². The Bertz CT molecular complexity index is 468. The molecule has 0 aromatic carbocycles. The average molecular weight is 290 g/mol. The molecule has 0 aliphatic rings. The molecule has 0 bridgehead atoms. The van der Waals surface area contributed by atoms with Crippen LogP contribution in [0.5, 0.6) is 0 Å². The molecule has 6 heteroatoms. The molecule has 1 aromatic rings. The normalized spacial score (nSPS) is 14.1. The molecule has 1 aromatic heterocycles. The van der Waals surface area contributed by atoms with Crippen LogP contribution in [0.15, 0.2) is 16.3 Å². The summed E-state index contributed by atoms with van der Waals surface area (Å²) >= 11 is 1.34. The fourth-order valence-electron chi connectivity index (χ4n) is 1.48. The van der Waals surface area contributed by atoms with Gasteiger partial charge in [-0.25, -0.2) is 8.42 Å². The van der Waals surface area contributed by atoms with E-state index in [1.54, 1.807) is 13.1 Å². The van der Waals surface area contributed by atoms with Crippen molar-refractivity contribution in [3.05, 3.63) is 17.0 Å². The van der Waals surface area contributed by atoms with Crippen LogP contribution in [0.1, 0.15) is 32.1 Å². The highest BCUT2D eigenvalue weighted by molar-refractivity contribution is 7.91. The van der Waals surface area contributed by atoms with E-state index in [1.807, 2.05) is 26.8 Å². The minimum atomic E-state index is -3.33. The Morgan fingerprint density at radius 1 is 1.39 bits per heavy atom. The van der Waals surface area contributed by atoms with Crippen LogP contribution in [0.4, 0.5) is 0 Å². The summed E-state index contributed by atoms with van der Waals surface area (Å²) in [7, 11) is -1.68. The molecule has 1 rings (SSSR count). The summed E-state index contributed by atoms with van der Waals surface area (Å²) < 4.78 is 26.6. The lowest BCUT2D eigenvalue weighted by atomic mass is 10.3. The first-order chi connectivity index (χ1) is 8.43. The summed E-state index contributed by atoms with van der Waals surface area (Å²) in [6, 6.07) is 3.60. The number of hydrogen-bond donors (Lipinski definition) is 1. The van der Waals surface area contributed by atoms with Crippen LogP contribution in [0.3, 0.4) is 0 Å². The van der Waals surface area contributed by atoms with Gasteiger partial charge in [0.2, 0.25) is 0 Å². The molecule has 0 fully saturated rings. The molecule has 0 amide bonds. The van der Waals surface area contributed by atoms with Crippen molar-refractivity contribution in [2.75, 3.05) is 13.6 Å². The third kappa shape index (κ3) is 3.54. The van der Waals surface area contributed by atoms with Crippen LogP contribution in [-0.4, -0.2) is 32.4 Å². The van der Waals surface area contributed by atoms with E-state index in [9.17, 15) is 8.42 Å². The number of hydrogen-bond acceptors (Lipinski definition) is 4. The zero-order valence-corrected chi connectivity index (χ0v) is 13.1. The van der Waals surface area contributed by atoms with Gasteiger partial charge in [0.25, 0.3) is 10.0 Å². The van der Waals surface area contributed by atoms with E-state index in [-0.39, 0.29) is 6.04 Å². The van der Waals surface area contributed by atoms with Crippen LogP contribution < -0.4 is 5.32 Å². The maximum atomic E-state index is 12.3. The predicted octanol–water partition coefficient (Wildman–Crippen LogP) is 2.28. The molecular formula is C12H22N2O2S2. The molecule has 104 valence electrons. The van der Waals surface area contributed by atoms with Gasteiger partial charge in [0, 0.05) is 24.5 Å². The van der Waals surface area contributed by atoms with Gasteiger partial charge in [-0.3, -0.25) is 0 Å². The second-order valence-electron chi connectivity index (χ2n) is 4.28. The third-order valence-electron chi connectivity index (χ3n) is 3.03. The summed E-state index contributed by atoms with van der Waals surface area (Å²) in [5.74, 6) is 0. The molecule has 18 heavy (non-hydrogen) atoms. The average Bonchev–Trinajstić information content (AvgIpc) is 2.83. The summed E-state index contributed by atoms with van der Waals surface area (Å²) in [6.07, 6.45) is 0.811. The van der Waals surface area contributed by atoms with Crippen LogP contribution in [0.25, 0.3) is 0 Å². The molecule has 1 N–H and O–H groups in total. The van der Waals surface area contributed by atoms with Crippen LogP contribution in [0.2, 0.25) is 0 Å². The number of sulfonamides is 1. The topological polar surface area (TPSA) is 49.4 Å². The summed E-state index contributed by atoms with van der Waals surface area (Å²) in [4.78, 5) is 1.05. The molecular weight excluding hydrogens is 268 g/mol. The van der Waals surface area contributed by atoms with Gasteiger partial charge in [-0.05, 0) is 32.0 Å². The van der Waals surface area contributed by atoms with Crippen LogP contribution >= 0.6 is 11.3 Å². The summed E-state index contributed by atoms with van der Waals surface area (Å²) in [5, 5.41) is 3.19. The highest BCUT2D eigenvalue weighted by Crippen LogP contribution is 2.25. The summed E-state index contributed by atoms with van der Waals surface area (Å²) in [5.41, 5.74) is 0. The fraction of sp³-hybridized carbons (Fsp3) is 0.667. The molecule has 1 unspecified atom stereocenters. The van der Waals surface area contributed by atoms with Crippen molar-refractivity contribution in [3.8, 4) is 0 Å². The van der Waals surface area contributed by atoms with E-state index in [1.165, 1.54) is 15.6 Å². The lowest BCUT2D eigenvalue weighted by Gasteiger charge is -2.22. The van der Waals surface area contributed by atoms with Crippen LogP contribution in [-0.2, 0) is 16.6 Å². The van der Waals surface area contributed by atoms with Gasteiger partial charge >= 0.3 is 0 Å². The molecule has 1 heterocycles. The standard InChI is InChI=1S/C12H22N2O2S2/c1-5-10(3)14(4)18(15,16)12-8-7-11(17-12)9-13-6-2/h7-8,10,13H,5-6,9H2,1-4H3. The zero-order chi connectivity index (χ0) is 13.8. The van der Waals surface area contributed by atoms with E-state index in [2.05, 4.69) is 5.32 Å². The number of thiophene rings is 1. The van der Waals surface area contributed by atoms with Crippen molar-refractivity contribution in [2.24, 2.45) is 0 Å². The zero-order valence-electron chi connectivity index (χ0n) is 11.4. The number of nitrogens with zero attached hydrogens (tertiary/aromatic N) is 1. The molecule has 4 nitrogen and oxygen atoms in total. The highest BCUT2D eigenvalue weighted by atomic mass is 32.2. The quantitative estimate of drug-likeness (QED) is 0.838. The van der Waals surface area contributed by atoms with Crippen LogP contribution in [0, 0.1) is 0 Å². The Labute approximate surface area is 114 Å². The van der Waals surface area contributed by atoms with Gasteiger partial charge in [0.15, 0.2) is 0 Å². The maximum absolute atomic E-state index is 12.3. The van der Waals surface area contributed by atoms with E-state index in [4.69, 9.17) is 0 Å². The molecule has 0 aliphatic heterocycles. The molecule has 0 spiro atoms. The van der Waals surface area contributed by atoms with E-state index < -0.39 is 10.0 Å². The predicted molar refractivity (Wildman–Crippen MR) is 76.4 cm³/mol. The maximum Gasteiger partial charge on any atom is 0.252 e. The van der Waals surface area contributed by atoms with Crippen molar-refractivity contribution >= 4 is 21.4 Å². The Kier molecular flexibility index (Phi) is 5.78. The van der Waals surface area contributed by atoms with Gasteiger partial charge in [0.1, 0.15) is 4.21 Å². The third-order valence-corrected chi connectivity index (χ3v) is 6.56. The van der Waals surface area contributed by atoms with Crippen molar-refractivity contribution in [1.82, 2.24) is 9.62 Å². The van der Waals surface area contributed by atoms with E-state index >= 15 is 0 Å². The largest absolute Gasteiger partial charge is 0.312 e. The highest BCUT2D eigenvalue weighted by Gasteiger charge is 2.25. The first-order valence-electron chi connectivity index (χ1n) is 6.20. The van der Waals surface area contributed by atoms with Crippen molar-refractivity contribution < 1.29 is 8.42 Å². The Hall–Kier alpha value is -0.430. The van der Waals surface area contributed by atoms with Crippen molar-refractivity contribution in [2.45, 2.75) is 44.0 Å². The molecule has 0 aliphatic carbocycles. The Morgan fingerprint density at radius 3 is 2.61 bits per heavy atom. The molecule has 1 atom stereocenters. The first-order valence-corrected chi connectivity index (χ1v) is 8.46. The minimum Gasteiger partial charge on any atom is -0.312 e. The molecule has 0 saturated heterocycles. The van der Waals surface area contributed by atoms with E-state index in [0.717, 1.165) is 24.4 Å². The van der Waals surface area contributed by atoms with Gasteiger partial charge in [-0.2, -0.15) is 4.31 Å². The molecule has 0 saturated carbocycles. The second kappa shape index (κ2) is 6.65. The number of rotatable bonds is 7. The van der Waals surface area contributed by atoms with Crippen molar-refractivity contribution in [3.63, 3.8) is 0 Å². The Morgan fingerprint density at radius 2 is 2.06 bits per heavy atom. The SMILES string of the molecule is CCNCc1ccc(S(=O)(=O)N(C)C(C)CC)s1. The van der Waals surface area contributed by atoms with Gasteiger partial charge in [0.05, 0.1) is 0 Å². The first kappa shape index (κ1) is 15.6. The molecule has 0 radical (unpaired) electrons. The smallest absolute Gasteiger partial charge is 0.252 e. The van der Waals surface area contributed by atoms with Crippen molar-refractivity contribution in [1.29, 1.82) is 0 Å². The van der Waals surface area contributed by atoms with E-state index in [0.29, 0.717) is 4.21 Å². The lowest BCUT2D eigenvalue weighted by Crippen LogP contribution is -2.34. The van der Waals surface area contributed by atoms with Gasteiger partial charge < -0.3 is 5.32 Å². The Balaban J connectivity index is 2.88. The van der Waals surface area contributed by atoms with Gasteiger partial charge in [-0.1, -0.05) is 13.8 Å². The lowest BCUT2D eigenvalue weighted by molar-refractivity contribution is 0.381. The fourth-order valence-corrected chi connectivity index (χ4v) is 4.42. The number of nitrogens with one attached hydrogen (secondary N) is 1. The summed E-state index contributed by atoms with van der Waals surface area (Å²) in [6.45, 7) is 7.55.